The largest absolute Gasteiger partial charge is 0.480 e. The van der Waals surface area contributed by atoms with E-state index >= 15 is 0 Å². The molecule has 2 heterocycles. The topological polar surface area (TPSA) is 95.9 Å². The number of methoxy groups -OCH3 is 1. The molecule has 9 heteroatoms. The zero-order valence-electron chi connectivity index (χ0n) is 11.2. The molecule has 0 saturated carbocycles. The second kappa shape index (κ2) is 4.88. The van der Waals surface area contributed by atoms with Crippen LogP contribution >= 0.6 is 27.7 Å². The van der Waals surface area contributed by atoms with Crippen LogP contribution in [0.25, 0.3) is 0 Å². The lowest BCUT2D eigenvalue weighted by Crippen LogP contribution is -2.80. The van der Waals surface area contributed by atoms with Gasteiger partial charge in [-0.05, 0) is 13.8 Å². The Morgan fingerprint density at radius 3 is 2.60 bits per heavy atom. The number of nitrogens with one attached hydrogen (secondary N) is 1. The van der Waals surface area contributed by atoms with Gasteiger partial charge in [-0.3, -0.25) is 9.59 Å². The van der Waals surface area contributed by atoms with Crippen molar-refractivity contribution in [3.8, 4) is 0 Å². The summed E-state index contributed by atoms with van der Waals surface area (Å²) in [7, 11) is 1.32. The highest BCUT2D eigenvalue weighted by Gasteiger charge is 2.73. The Labute approximate surface area is 128 Å². The monoisotopic (exact) mass is 366 g/mol. The van der Waals surface area contributed by atoms with Gasteiger partial charge in [-0.2, -0.15) is 0 Å². The normalized spacial score (nSPS) is 34.4. The van der Waals surface area contributed by atoms with Crippen molar-refractivity contribution in [2.45, 2.75) is 35.7 Å². The highest BCUT2D eigenvalue weighted by Crippen LogP contribution is 2.54. The van der Waals surface area contributed by atoms with Crippen LogP contribution in [-0.4, -0.2) is 62.1 Å². The third-order valence-electron chi connectivity index (χ3n) is 3.51. The first kappa shape index (κ1) is 15.6. The third-order valence-corrected chi connectivity index (χ3v) is 5.63. The summed E-state index contributed by atoms with van der Waals surface area (Å²) in [4.78, 5) is 36.6. The predicted molar refractivity (Wildman–Crippen MR) is 75.4 cm³/mol. The average Bonchev–Trinajstić information content (AvgIpc) is 2.65. The van der Waals surface area contributed by atoms with Gasteiger partial charge in [0.1, 0.15) is 11.4 Å². The van der Waals surface area contributed by atoms with Gasteiger partial charge in [0.05, 0.1) is 5.33 Å². The van der Waals surface area contributed by atoms with Crippen molar-refractivity contribution >= 4 is 45.5 Å². The fourth-order valence-corrected chi connectivity index (χ4v) is 4.44. The molecular formula is C11H15BrN2O5S. The van der Waals surface area contributed by atoms with E-state index in [1.807, 2.05) is 0 Å². The van der Waals surface area contributed by atoms with Gasteiger partial charge < -0.3 is 20.1 Å². The molecular weight excluding hydrogens is 352 g/mol. The summed E-state index contributed by atoms with van der Waals surface area (Å²) in [6.07, 6.45) is 0. The zero-order valence-corrected chi connectivity index (χ0v) is 13.6. The molecule has 0 radical (unpaired) electrons. The quantitative estimate of drug-likeness (QED) is 0.412. The average molecular weight is 367 g/mol. The number of carbonyl (C=O) groups is 3. The maximum absolute atomic E-state index is 12.3. The van der Waals surface area contributed by atoms with Crippen LogP contribution in [-0.2, 0) is 19.1 Å². The SMILES string of the molecule is COC1(NC(=O)CBr)C(=O)N2[C@@H](C(=O)O)C(C)(C)S[C@@H]21. The van der Waals surface area contributed by atoms with Gasteiger partial charge in [0.2, 0.25) is 5.91 Å². The number of thioether (sulfide) groups is 1. The van der Waals surface area contributed by atoms with E-state index < -0.39 is 39.7 Å². The number of β-lactam (4-membered cyclic amide) rings is 1. The Hall–Kier alpha value is -0.800. The molecule has 0 aromatic carbocycles. The van der Waals surface area contributed by atoms with Gasteiger partial charge in [-0.25, -0.2) is 4.79 Å². The Bertz CT molecular complexity index is 485. The second-order valence-corrected chi connectivity index (χ2v) is 7.44. The minimum atomic E-state index is -1.48. The van der Waals surface area contributed by atoms with Crippen LogP contribution in [0.1, 0.15) is 13.8 Å². The Kier molecular flexibility index (Phi) is 3.81. The Morgan fingerprint density at radius 2 is 2.15 bits per heavy atom. The number of nitrogens with zero attached hydrogens (tertiary/aromatic N) is 1. The van der Waals surface area contributed by atoms with Crippen molar-refractivity contribution in [2.24, 2.45) is 0 Å². The molecule has 112 valence electrons. The lowest BCUT2D eigenvalue weighted by molar-refractivity contribution is -0.200. The molecule has 20 heavy (non-hydrogen) atoms. The van der Waals surface area contributed by atoms with Gasteiger partial charge in [0.15, 0.2) is 0 Å². The summed E-state index contributed by atoms with van der Waals surface area (Å²) in [5, 5.41) is 11.3. The highest BCUT2D eigenvalue weighted by molar-refractivity contribution is 9.09. The lowest BCUT2D eigenvalue weighted by atomic mass is 9.93. The highest BCUT2D eigenvalue weighted by atomic mass is 79.9. The fourth-order valence-electron chi connectivity index (χ4n) is 2.62. The number of alkyl halides is 1. The number of fused-ring (bicyclic) bond motifs is 1. The number of carboxylic acid groups (broad SMARTS) is 1. The van der Waals surface area contributed by atoms with Gasteiger partial charge in [0, 0.05) is 11.9 Å². The molecule has 2 amide bonds. The first-order valence-electron chi connectivity index (χ1n) is 5.87. The molecule has 3 atom stereocenters. The number of hydrogen-bond donors (Lipinski definition) is 2. The number of amides is 2. The van der Waals surface area contributed by atoms with E-state index in [2.05, 4.69) is 21.2 Å². The van der Waals surface area contributed by atoms with Crippen LogP contribution in [0.4, 0.5) is 0 Å². The van der Waals surface area contributed by atoms with E-state index in [4.69, 9.17) is 4.74 Å². The van der Waals surface area contributed by atoms with Crippen LogP contribution < -0.4 is 5.32 Å². The first-order valence-corrected chi connectivity index (χ1v) is 7.87. The first-order chi connectivity index (χ1) is 9.21. The molecule has 1 unspecified atom stereocenters. The van der Waals surface area contributed by atoms with Gasteiger partial charge >= 0.3 is 5.97 Å². The van der Waals surface area contributed by atoms with Crippen molar-refractivity contribution in [1.29, 1.82) is 0 Å². The summed E-state index contributed by atoms with van der Waals surface area (Å²) in [6, 6.07) is -0.936. The van der Waals surface area contributed by atoms with Crippen LogP contribution in [0.15, 0.2) is 0 Å². The van der Waals surface area contributed by atoms with Crippen LogP contribution in [0.3, 0.4) is 0 Å². The van der Waals surface area contributed by atoms with Gasteiger partial charge in [-0.1, -0.05) is 15.9 Å². The summed E-state index contributed by atoms with van der Waals surface area (Å²) in [6.45, 7) is 3.52. The number of ether oxygens (including phenoxy) is 1. The number of carbonyl (C=O) groups excluding carboxylic acids is 2. The fraction of sp³-hybridized carbons (Fsp3) is 0.727. The lowest BCUT2D eigenvalue weighted by Gasteiger charge is -2.51. The van der Waals surface area contributed by atoms with Crippen LogP contribution in [0.5, 0.6) is 0 Å². The van der Waals surface area contributed by atoms with E-state index in [-0.39, 0.29) is 5.33 Å². The van der Waals surface area contributed by atoms with Crippen molar-refractivity contribution in [3.63, 3.8) is 0 Å². The van der Waals surface area contributed by atoms with Gasteiger partial charge in [0.25, 0.3) is 11.6 Å². The predicted octanol–water partition coefficient (Wildman–Crippen LogP) is -0.0129. The van der Waals surface area contributed by atoms with Crippen molar-refractivity contribution in [2.75, 3.05) is 12.4 Å². The second-order valence-electron chi connectivity index (χ2n) is 5.15. The maximum atomic E-state index is 12.3. The third kappa shape index (κ3) is 1.94. The smallest absolute Gasteiger partial charge is 0.327 e. The molecule has 0 bridgehead atoms. The molecule has 2 fully saturated rings. The molecule has 2 aliphatic heterocycles. The van der Waals surface area contributed by atoms with Crippen molar-refractivity contribution < 1.29 is 24.2 Å². The van der Waals surface area contributed by atoms with E-state index in [9.17, 15) is 19.5 Å². The Morgan fingerprint density at radius 1 is 1.55 bits per heavy atom. The standard InChI is InChI=1S/C11H15BrN2O5S/c1-10(2)6(7(16)17)14-8(18)11(19-3,9(14)20-10)13-5(15)4-12/h6,9H,4H2,1-3H3,(H,13,15)(H,16,17)/t6-,9+,11?/m0/s1. The van der Waals surface area contributed by atoms with E-state index in [1.165, 1.54) is 23.8 Å². The zero-order chi connectivity index (χ0) is 15.3. The Balaban J connectivity index is 2.33. The van der Waals surface area contributed by atoms with E-state index in [1.54, 1.807) is 13.8 Å². The number of rotatable bonds is 4. The van der Waals surface area contributed by atoms with E-state index in [0.717, 1.165) is 0 Å². The molecule has 0 aliphatic carbocycles. The number of aliphatic carboxylic acids is 1. The van der Waals surface area contributed by atoms with E-state index in [0.29, 0.717) is 0 Å². The molecule has 0 spiro atoms. The van der Waals surface area contributed by atoms with Crippen LogP contribution in [0.2, 0.25) is 0 Å². The number of carboxylic acids is 1. The molecule has 0 aromatic heterocycles. The molecule has 2 N–H and O–H groups in total. The van der Waals surface area contributed by atoms with Crippen molar-refractivity contribution in [3.05, 3.63) is 0 Å². The summed E-state index contributed by atoms with van der Waals surface area (Å²) in [5.41, 5.74) is -1.48. The molecule has 7 nitrogen and oxygen atoms in total. The summed E-state index contributed by atoms with van der Waals surface area (Å²) >= 11 is 4.32. The number of hydrogen-bond acceptors (Lipinski definition) is 5. The molecule has 2 rings (SSSR count). The minimum absolute atomic E-state index is 0.0362. The number of halogens is 1. The van der Waals surface area contributed by atoms with Crippen molar-refractivity contribution in [1.82, 2.24) is 10.2 Å². The van der Waals surface area contributed by atoms with Crippen LogP contribution in [0, 0.1) is 0 Å². The molecule has 0 aromatic rings. The molecule has 2 aliphatic rings. The summed E-state index contributed by atoms with van der Waals surface area (Å²) < 4.78 is 4.57. The summed E-state index contributed by atoms with van der Waals surface area (Å²) in [5.74, 6) is -1.98. The minimum Gasteiger partial charge on any atom is -0.480 e. The maximum Gasteiger partial charge on any atom is 0.327 e. The molecule has 2 saturated heterocycles. The van der Waals surface area contributed by atoms with Gasteiger partial charge in [-0.15, -0.1) is 11.8 Å².